The molecule has 0 amide bonds. The highest BCUT2D eigenvalue weighted by molar-refractivity contribution is 7.89. The second-order valence-corrected chi connectivity index (χ2v) is 6.50. The fourth-order valence-corrected chi connectivity index (χ4v) is 3.45. The summed E-state index contributed by atoms with van der Waals surface area (Å²) in [6.07, 6.45) is 0. The van der Waals surface area contributed by atoms with Gasteiger partial charge in [-0.15, -0.1) is 0 Å². The Balaban J connectivity index is 2.27. The minimum Gasteiger partial charge on any atom is -0.465 e. The summed E-state index contributed by atoms with van der Waals surface area (Å²) in [7, 11) is -3.61. The number of rotatable bonds is 4. The number of hydrogen-bond acceptors (Lipinski definition) is 4. The predicted molar refractivity (Wildman–Crippen MR) is 77.8 cm³/mol. The molecule has 0 fully saturated rings. The van der Waals surface area contributed by atoms with Crippen molar-refractivity contribution in [2.45, 2.75) is 31.7 Å². The molecule has 3 N–H and O–H groups in total. The van der Waals surface area contributed by atoms with Crippen LogP contribution in [0.5, 0.6) is 0 Å². The van der Waals surface area contributed by atoms with Gasteiger partial charge in [-0.1, -0.05) is 0 Å². The van der Waals surface area contributed by atoms with Crippen molar-refractivity contribution in [3.05, 3.63) is 47.4 Å². The lowest BCUT2D eigenvalue weighted by Crippen LogP contribution is -2.27. The normalized spacial score (nSPS) is 13.3. The monoisotopic (exact) mass is 294 g/mol. The largest absolute Gasteiger partial charge is 0.465 e. The van der Waals surface area contributed by atoms with Crippen LogP contribution in [0.1, 0.15) is 30.0 Å². The highest BCUT2D eigenvalue weighted by atomic mass is 32.2. The summed E-state index contributed by atoms with van der Waals surface area (Å²) in [4.78, 5) is 0.224. The second kappa shape index (κ2) is 5.30. The number of nitrogen functional groups attached to an aromatic ring is 1. The van der Waals surface area contributed by atoms with E-state index >= 15 is 0 Å². The molecule has 1 atom stereocenters. The third kappa shape index (κ3) is 3.02. The molecule has 1 unspecified atom stereocenters. The van der Waals surface area contributed by atoms with Crippen LogP contribution >= 0.6 is 0 Å². The van der Waals surface area contributed by atoms with Crippen molar-refractivity contribution in [1.82, 2.24) is 4.72 Å². The summed E-state index contributed by atoms with van der Waals surface area (Å²) < 4.78 is 32.8. The highest BCUT2D eigenvalue weighted by Crippen LogP contribution is 2.22. The molecular formula is C14H18N2O3S. The van der Waals surface area contributed by atoms with Crippen molar-refractivity contribution < 1.29 is 12.8 Å². The molecule has 0 aliphatic carbocycles. The molecule has 0 saturated carbocycles. The Morgan fingerprint density at radius 2 is 1.90 bits per heavy atom. The van der Waals surface area contributed by atoms with E-state index in [1.54, 1.807) is 38.1 Å². The third-order valence-electron chi connectivity index (χ3n) is 3.01. The van der Waals surface area contributed by atoms with Gasteiger partial charge in [0.15, 0.2) is 0 Å². The zero-order valence-corrected chi connectivity index (χ0v) is 12.5. The van der Waals surface area contributed by atoms with Crippen LogP contribution in [0.15, 0.2) is 39.6 Å². The maximum atomic E-state index is 12.4. The molecule has 0 bridgehead atoms. The van der Waals surface area contributed by atoms with Crippen molar-refractivity contribution >= 4 is 15.7 Å². The van der Waals surface area contributed by atoms with Crippen molar-refractivity contribution in [2.75, 3.05) is 5.73 Å². The molecule has 2 aromatic rings. The van der Waals surface area contributed by atoms with E-state index < -0.39 is 16.1 Å². The van der Waals surface area contributed by atoms with Gasteiger partial charge in [0, 0.05) is 5.69 Å². The first-order valence-electron chi connectivity index (χ1n) is 6.24. The Kier molecular flexibility index (Phi) is 3.87. The zero-order chi connectivity index (χ0) is 14.9. The van der Waals surface area contributed by atoms with Crippen LogP contribution in [-0.4, -0.2) is 8.42 Å². The van der Waals surface area contributed by atoms with E-state index in [9.17, 15) is 8.42 Å². The van der Waals surface area contributed by atoms with Gasteiger partial charge in [0.1, 0.15) is 11.5 Å². The van der Waals surface area contributed by atoms with Crippen LogP contribution in [0.4, 0.5) is 5.69 Å². The lowest BCUT2D eigenvalue weighted by atomic mass is 10.2. The fraction of sp³-hybridized carbons (Fsp3) is 0.286. The van der Waals surface area contributed by atoms with Gasteiger partial charge in [-0.05, 0) is 56.7 Å². The number of benzene rings is 1. The quantitative estimate of drug-likeness (QED) is 0.848. The molecule has 1 heterocycles. The summed E-state index contributed by atoms with van der Waals surface area (Å²) in [6, 6.07) is 7.84. The van der Waals surface area contributed by atoms with Gasteiger partial charge in [-0.3, -0.25) is 0 Å². The molecule has 0 spiro atoms. The van der Waals surface area contributed by atoms with Crippen molar-refractivity contribution in [2.24, 2.45) is 0 Å². The lowest BCUT2D eigenvalue weighted by Gasteiger charge is -2.14. The first-order chi connectivity index (χ1) is 9.29. The summed E-state index contributed by atoms with van der Waals surface area (Å²) in [6.45, 7) is 5.27. The van der Waals surface area contributed by atoms with Gasteiger partial charge in [-0.2, -0.15) is 0 Å². The molecule has 0 radical (unpaired) electrons. The van der Waals surface area contributed by atoms with E-state index in [-0.39, 0.29) is 4.90 Å². The molecule has 108 valence electrons. The first-order valence-corrected chi connectivity index (χ1v) is 7.73. The average Bonchev–Trinajstić information content (AvgIpc) is 2.74. The van der Waals surface area contributed by atoms with Crippen molar-refractivity contribution in [3.8, 4) is 0 Å². The Morgan fingerprint density at radius 1 is 1.20 bits per heavy atom. The number of anilines is 1. The predicted octanol–water partition coefficient (Wildman–Crippen LogP) is 2.52. The van der Waals surface area contributed by atoms with Gasteiger partial charge >= 0.3 is 0 Å². The molecule has 0 aliphatic rings. The number of sulfonamides is 1. The smallest absolute Gasteiger partial charge is 0.241 e. The number of hydrogen-bond donors (Lipinski definition) is 2. The summed E-state index contributed by atoms with van der Waals surface area (Å²) >= 11 is 0. The fourth-order valence-electron chi connectivity index (χ4n) is 2.01. The van der Waals surface area contributed by atoms with E-state index in [1.807, 2.05) is 6.92 Å². The molecular weight excluding hydrogens is 276 g/mol. The molecule has 20 heavy (non-hydrogen) atoms. The number of nitrogens with one attached hydrogen (secondary N) is 1. The van der Waals surface area contributed by atoms with Crippen molar-refractivity contribution in [3.63, 3.8) is 0 Å². The Labute approximate surface area is 118 Å². The van der Waals surface area contributed by atoms with E-state index in [4.69, 9.17) is 10.2 Å². The maximum absolute atomic E-state index is 12.4. The highest BCUT2D eigenvalue weighted by Gasteiger charge is 2.21. The van der Waals surface area contributed by atoms with Crippen LogP contribution in [0.3, 0.4) is 0 Å². The van der Waals surface area contributed by atoms with Crippen LogP contribution in [-0.2, 0) is 10.0 Å². The topological polar surface area (TPSA) is 85.3 Å². The van der Waals surface area contributed by atoms with Gasteiger partial charge < -0.3 is 10.2 Å². The SMILES string of the molecule is Cc1ccc(C(C)NS(=O)(=O)c2ccc(N)cc2C)o1. The summed E-state index contributed by atoms with van der Waals surface area (Å²) in [5.74, 6) is 1.33. The summed E-state index contributed by atoms with van der Waals surface area (Å²) in [5, 5.41) is 0. The van der Waals surface area contributed by atoms with Crippen LogP contribution in [0.2, 0.25) is 0 Å². The van der Waals surface area contributed by atoms with Crippen molar-refractivity contribution in [1.29, 1.82) is 0 Å². The molecule has 5 nitrogen and oxygen atoms in total. The first kappa shape index (κ1) is 14.6. The van der Waals surface area contributed by atoms with E-state index in [1.165, 1.54) is 6.07 Å². The Hall–Kier alpha value is -1.79. The molecule has 2 rings (SSSR count). The van der Waals surface area contributed by atoms with Crippen LogP contribution in [0.25, 0.3) is 0 Å². The number of nitrogens with two attached hydrogens (primary N) is 1. The maximum Gasteiger partial charge on any atom is 0.241 e. The number of furan rings is 1. The third-order valence-corrected chi connectivity index (χ3v) is 4.71. The van der Waals surface area contributed by atoms with Gasteiger partial charge in [0.2, 0.25) is 10.0 Å². The minimum absolute atomic E-state index is 0.224. The van der Waals surface area contributed by atoms with Crippen LogP contribution in [0, 0.1) is 13.8 Å². The molecule has 0 saturated heterocycles. The van der Waals surface area contributed by atoms with Crippen LogP contribution < -0.4 is 10.5 Å². The molecule has 6 heteroatoms. The standard InChI is InChI=1S/C14H18N2O3S/c1-9-8-12(15)5-7-14(9)20(17,18)16-11(3)13-6-4-10(2)19-13/h4-8,11,16H,15H2,1-3H3. The van der Waals surface area contributed by atoms with E-state index in [2.05, 4.69) is 4.72 Å². The van der Waals surface area contributed by atoms with E-state index in [0.29, 0.717) is 17.0 Å². The van der Waals surface area contributed by atoms with Gasteiger partial charge in [-0.25, -0.2) is 13.1 Å². The summed E-state index contributed by atoms with van der Waals surface area (Å²) in [5.41, 5.74) is 6.79. The zero-order valence-electron chi connectivity index (χ0n) is 11.7. The Morgan fingerprint density at radius 3 is 2.45 bits per heavy atom. The second-order valence-electron chi connectivity index (χ2n) is 4.82. The number of aryl methyl sites for hydroxylation is 2. The average molecular weight is 294 g/mol. The molecule has 0 aliphatic heterocycles. The Bertz CT molecular complexity index is 720. The minimum atomic E-state index is -3.61. The van der Waals surface area contributed by atoms with Gasteiger partial charge in [0.25, 0.3) is 0 Å². The molecule has 1 aromatic carbocycles. The van der Waals surface area contributed by atoms with E-state index in [0.717, 1.165) is 5.76 Å². The lowest BCUT2D eigenvalue weighted by molar-refractivity contribution is 0.441. The van der Waals surface area contributed by atoms with Gasteiger partial charge in [0.05, 0.1) is 10.9 Å². The molecule has 1 aromatic heterocycles.